The SMILES string of the molecule is CCCNc1nc(NC)c2nc(N3CCC4(CC3)OCCO4)nc(NC)c2n1. The molecule has 4 heterocycles. The van der Waals surface area contributed by atoms with Crippen molar-refractivity contribution in [3.8, 4) is 0 Å². The number of rotatable bonds is 6. The Morgan fingerprint density at radius 1 is 0.929 bits per heavy atom. The maximum atomic E-state index is 5.82. The zero-order valence-electron chi connectivity index (χ0n) is 16.7. The van der Waals surface area contributed by atoms with Crippen LogP contribution in [0.3, 0.4) is 0 Å². The predicted octanol–water partition coefficient (Wildman–Crippen LogP) is 1.67. The van der Waals surface area contributed by atoms with Gasteiger partial charge < -0.3 is 30.3 Å². The van der Waals surface area contributed by atoms with Crippen molar-refractivity contribution in [2.24, 2.45) is 0 Å². The Kier molecular flexibility index (Phi) is 5.31. The first-order valence-corrected chi connectivity index (χ1v) is 9.90. The molecule has 0 bridgehead atoms. The van der Waals surface area contributed by atoms with Gasteiger partial charge in [0.15, 0.2) is 17.4 Å². The van der Waals surface area contributed by atoms with Crippen LogP contribution in [-0.2, 0) is 9.47 Å². The summed E-state index contributed by atoms with van der Waals surface area (Å²) >= 11 is 0. The molecule has 2 aromatic heterocycles. The molecule has 0 aromatic carbocycles. The number of nitrogens with one attached hydrogen (secondary N) is 3. The first-order chi connectivity index (χ1) is 13.7. The van der Waals surface area contributed by atoms with E-state index in [1.165, 1.54) is 0 Å². The van der Waals surface area contributed by atoms with E-state index in [9.17, 15) is 0 Å². The molecule has 152 valence electrons. The normalized spacial score (nSPS) is 18.6. The van der Waals surface area contributed by atoms with Crippen molar-refractivity contribution in [2.45, 2.75) is 32.0 Å². The van der Waals surface area contributed by atoms with Gasteiger partial charge in [-0.1, -0.05) is 6.92 Å². The molecule has 10 heteroatoms. The number of ether oxygens (including phenoxy) is 2. The van der Waals surface area contributed by atoms with E-state index in [4.69, 9.17) is 19.4 Å². The van der Waals surface area contributed by atoms with Crippen LogP contribution in [0.1, 0.15) is 26.2 Å². The summed E-state index contributed by atoms with van der Waals surface area (Å²) in [6.45, 7) is 5.82. The van der Waals surface area contributed by atoms with Gasteiger partial charge in [-0.2, -0.15) is 9.97 Å². The van der Waals surface area contributed by atoms with Crippen LogP contribution >= 0.6 is 0 Å². The van der Waals surface area contributed by atoms with Crippen molar-refractivity contribution in [1.82, 2.24) is 19.9 Å². The average Bonchev–Trinajstić information content (AvgIpc) is 3.19. The van der Waals surface area contributed by atoms with Gasteiger partial charge in [0.1, 0.15) is 11.0 Å². The monoisotopic (exact) mass is 388 g/mol. The molecule has 0 saturated carbocycles. The van der Waals surface area contributed by atoms with Crippen molar-refractivity contribution in [3.63, 3.8) is 0 Å². The number of hydrogen-bond acceptors (Lipinski definition) is 10. The first-order valence-electron chi connectivity index (χ1n) is 9.90. The molecule has 2 aliphatic heterocycles. The predicted molar refractivity (Wildman–Crippen MR) is 109 cm³/mol. The van der Waals surface area contributed by atoms with Crippen LogP contribution in [0, 0.1) is 0 Å². The summed E-state index contributed by atoms with van der Waals surface area (Å²) in [5, 5.41) is 9.53. The second kappa shape index (κ2) is 7.88. The molecule has 4 rings (SSSR count). The molecular weight excluding hydrogens is 360 g/mol. The lowest BCUT2D eigenvalue weighted by molar-refractivity contribution is -0.169. The molecule has 2 fully saturated rings. The molecule has 28 heavy (non-hydrogen) atoms. The molecule has 1 spiro atoms. The standard InChI is InChI=1S/C18H28N8O2/c1-4-7-21-16-22-12-13(14(19-2)24-16)23-17(25-15(12)20-3)26-8-5-18(6-9-26)27-10-11-28-18/h4-11H2,1-3H3,(H,20,23,25)(H2,19,21,22,24). The molecule has 2 saturated heterocycles. The molecular formula is C18H28N8O2. The molecule has 0 unspecified atom stereocenters. The fourth-order valence-electron chi connectivity index (χ4n) is 3.64. The van der Waals surface area contributed by atoms with Gasteiger partial charge in [-0.25, -0.2) is 9.97 Å². The fourth-order valence-corrected chi connectivity index (χ4v) is 3.64. The molecule has 2 aliphatic rings. The Hall–Kier alpha value is -2.46. The summed E-state index contributed by atoms with van der Waals surface area (Å²) in [5.41, 5.74) is 1.40. The van der Waals surface area contributed by atoms with Crippen molar-refractivity contribution < 1.29 is 9.47 Å². The zero-order valence-corrected chi connectivity index (χ0v) is 16.7. The Morgan fingerprint density at radius 2 is 1.57 bits per heavy atom. The van der Waals surface area contributed by atoms with E-state index in [0.717, 1.165) is 38.9 Å². The summed E-state index contributed by atoms with van der Waals surface area (Å²) < 4.78 is 11.6. The number of aromatic nitrogens is 4. The smallest absolute Gasteiger partial charge is 0.228 e. The van der Waals surface area contributed by atoms with Crippen LogP contribution in [0.4, 0.5) is 23.5 Å². The number of anilines is 4. The van der Waals surface area contributed by atoms with E-state index in [1.54, 1.807) is 0 Å². The maximum Gasteiger partial charge on any atom is 0.228 e. The first kappa shape index (κ1) is 18.9. The van der Waals surface area contributed by atoms with E-state index in [1.807, 2.05) is 14.1 Å². The highest BCUT2D eigenvalue weighted by atomic mass is 16.7. The van der Waals surface area contributed by atoms with Crippen LogP contribution in [0.15, 0.2) is 0 Å². The van der Waals surface area contributed by atoms with Crippen LogP contribution in [0.25, 0.3) is 11.0 Å². The lowest BCUT2D eigenvalue weighted by Gasteiger charge is -2.37. The number of fused-ring (bicyclic) bond motifs is 1. The van der Waals surface area contributed by atoms with E-state index >= 15 is 0 Å². The van der Waals surface area contributed by atoms with Crippen LogP contribution in [0.2, 0.25) is 0 Å². The summed E-state index contributed by atoms with van der Waals surface area (Å²) in [6, 6.07) is 0. The van der Waals surface area contributed by atoms with Crippen molar-refractivity contribution in [3.05, 3.63) is 0 Å². The van der Waals surface area contributed by atoms with Gasteiger partial charge in [0, 0.05) is 46.6 Å². The van der Waals surface area contributed by atoms with Crippen LogP contribution in [0.5, 0.6) is 0 Å². The fraction of sp³-hybridized carbons (Fsp3) is 0.667. The third-order valence-corrected chi connectivity index (χ3v) is 5.16. The van der Waals surface area contributed by atoms with Crippen LogP contribution < -0.4 is 20.9 Å². The topological polar surface area (TPSA) is 109 Å². The Bertz CT molecular complexity index is 830. The highest BCUT2D eigenvalue weighted by Crippen LogP contribution is 2.34. The summed E-state index contributed by atoms with van der Waals surface area (Å²) in [5.74, 6) is 2.19. The number of hydrogen-bond donors (Lipinski definition) is 3. The molecule has 0 amide bonds. The van der Waals surface area contributed by atoms with Gasteiger partial charge in [0.05, 0.1) is 13.2 Å². The van der Waals surface area contributed by atoms with Gasteiger partial charge in [-0.05, 0) is 6.42 Å². The lowest BCUT2D eigenvalue weighted by atomic mass is 10.0. The lowest BCUT2D eigenvalue weighted by Crippen LogP contribution is -2.45. The molecule has 2 aromatic rings. The van der Waals surface area contributed by atoms with Crippen molar-refractivity contribution >= 4 is 34.6 Å². The quantitative estimate of drug-likeness (QED) is 0.676. The van der Waals surface area contributed by atoms with Gasteiger partial charge in [0.25, 0.3) is 0 Å². The molecule has 10 nitrogen and oxygen atoms in total. The van der Waals surface area contributed by atoms with Gasteiger partial charge in [-0.15, -0.1) is 0 Å². The minimum atomic E-state index is -0.418. The minimum Gasteiger partial charge on any atom is -0.371 e. The van der Waals surface area contributed by atoms with Crippen molar-refractivity contribution in [2.75, 3.05) is 67.8 Å². The summed E-state index contributed by atoms with van der Waals surface area (Å²) in [4.78, 5) is 20.9. The Labute approximate surface area is 164 Å². The third kappa shape index (κ3) is 3.49. The number of piperidine rings is 1. The average molecular weight is 388 g/mol. The highest BCUT2D eigenvalue weighted by Gasteiger charge is 2.40. The summed E-state index contributed by atoms with van der Waals surface area (Å²) in [6.07, 6.45) is 2.60. The largest absolute Gasteiger partial charge is 0.371 e. The Morgan fingerprint density at radius 3 is 2.21 bits per heavy atom. The molecule has 0 radical (unpaired) electrons. The highest BCUT2D eigenvalue weighted by molar-refractivity contribution is 5.94. The van der Waals surface area contributed by atoms with Crippen LogP contribution in [-0.4, -0.2) is 72.7 Å². The van der Waals surface area contributed by atoms with E-state index in [2.05, 4.69) is 37.7 Å². The second-order valence-corrected chi connectivity index (χ2v) is 6.99. The molecule has 0 aliphatic carbocycles. The van der Waals surface area contributed by atoms with E-state index in [-0.39, 0.29) is 0 Å². The molecule has 0 atom stereocenters. The van der Waals surface area contributed by atoms with Gasteiger partial charge >= 0.3 is 0 Å². The Balaban J connectivity index is 1.66. The van der Waals surface area contributed by atoms with E-state index in [0.29, 0.717) is 47.8 Å². The second-order valence-electron chi connectivity index (χ2n) is 6.99. The van der Waals surface area contributed by atoms with E-state index < -0.39 is 5.79 Å². The third-order valence-electron chi connectivity index (χ3n) is 5.16. The maximum absolute atomic E-state index is 5.82. The zero-order chi connectivity index (χ0) is 19.6. The molecule has 3 N–H and O–H groups in total. The van der Waals surface area contributed by atoms with Gasteiger partial charge in [-0.3, -0.25) is 0 Å². The minimum absolute atomic E-state index is 0.418. The number of nitrogens with zero attached hydrogens (tertiary/aromatic N) is 5. The van der Waals surface area contributed by atoms with Gasteiger partial charge in [0.2, 0.25) is 11.9 Å². The summed E-state index contributed by atoms with van der Waals surface area (Å²) in [7, 11) is 3.68. The van der Waals surface area contributed by atoms with Crippen molar-refractivity contribution in [1.29, 1.82) is 0 Å².